The molecule has 4 bridgehead atoms. The Morgan fingerprint density at radius 1 is 0.950 bits per heavy atom. The molecule has 5 aromatic rings. The third-order valence-electron chi connectivity index (χ3n) is 13.6. The van der Waals surface area contributed by atoms with Crippen LogP contribution in [0, 0.1) is 30.1 Å². The number of aromatic nitrogens is 6. The van der Waals surface area contributed by atoms with Gasteiger partial charge in [0, 0.05) is 54.0 Å². The second kappa shape index (κ2) is 15.2. The van der Waals surface area contributed by atoms with E-state index in [-0.39, 0.29) is 34.0 Å². The maximum Gasteiger partial charge on any atom is 0.355 e. The van der Waals surface area contributed by atoms with Gasteiger partial charge in [-0.3, -0.25) is 9.48 Å². The van der Waals surface area contributed by atoms with Gasteiger partial charge in [0.2, 0.25) is 0 Å². The van der Waals surface area contributed by atoms with Crippen molar-refractivity contribution in [1.29, 1.82) is 0 Å². The number of thiazole rings is 1. The summed E-state index contributed by atoms with van der Waals surface area (Å²) in [5.74, 6) is 0.0196. The molecule has 3 N–H and O–H groups in total. The van der Waals surface area contributed by atoms with Gasteiger partial charge in [-0.05, 0) is 126 Å². The Kier molecular flexibility index (Phi) is 10.2. The van der Waals surface area contributed by atoms with Gasteiger partial charge in [-0.25, -0.2) is 14.8 Å². The third kappa shape index (κ3) is 7.64. The van der Waals surface area contributed by atoms with Crippen LogP contribution in [0.1, 0.15) is 98.9 Å². The van der Waals surface area contributed by atoms with Crippen LogP contribution < -0.4 is 10.2 Å². The summed E-state index contributed by atoms with van der Waals surface area (Å²) in [6.07, 6.45) is 10.8. The van der Waals surface area contributed by atoms with Crippen molar-refractivity contribution < 1.29 is 24.5 Å². The molecule has 2 atom stereocenters. The summed E-state index contributed by atoms with van der Waals surface area (Å²) in [6.45, 7) is 12.5. The molecule has 0 saturated heterocycles. The number of pyridine rings is 1. The van der Waals surface area contributed by atoms with E-state index in [2.05, 4.69) is 38.9 Å². The SMILES string of the molecule is Cc1c(Nc2nc3ccccc3s2)nnc2c1CCCN2c1ccc(-c2cnn(CC34CC5(C)CC(C)(C3)CC(OCCN(C)CCCC(=O)O)(C5)C4)c2C)c(C(=O)O)n1. The summed E-state index contributed by atoms with van der Waals surface area (Å²) in [4.78, 5) is 37.6. The highest BCUT2D eigenvalue weighted by atomic mass is 32.1. The van der Waals surface area contributed by atoms with Gasteiger partial charge in [0.1, 0.15) is 5.82 Å². The molecule has 316 valence electrons. The number of nitrogens with zero attached hydrogens (tertiary/aromatic N) is 8. The zero-order valence-corrected chi connectivity index (χ0v) is 36.1. The molecule has 5 aliphatic rings. The summed E-state index contributed by atoms with van der Waals surface area (Å²) in [7, 11) is 2.04. The van der Waals surface area contributed by atoms with Crippen molar-refractivity contribution in [2.24, 2.45) is 16.2 Å². The van der Waals surface area contributed by atoms with Crippen LogP contribution in [-0.2, 0) is 22.5 Å². The predicted octanol–water partition coefficient (Wildman–Crippen LogP) is 8.42. The van der Waals surface area contributed by atoms with E-state index in [0.29, 0.717) is 42.6 Å². The molecule has 15 heteroatoms. The normalized spacial score (nSPS) is 25.6. The molecule has 4 saturated carbocycles. The Bertz CT molecular complexity index is 2430. The Balaban J connectivity index is 0.940. The number of likely N-dealkylation sites (N-methyl/N-ethyl adjacent to an activating group) is 1. The quantitative estimate of drug-likeness (QED) is 0.0919. The number of hydrogen-bond donors (Lipinski definition) is 3. The van der Waals surface area contributed by atoms with Crippen molar-refractivity contribution in [1.82, 2.24) is 34.8 Å². The number of carbonyl (C=O) groups is 2. The maximum absolute atomic E-state index is 13.0. The van der Waals surface area contributed by atoms with Gasteiger partial charge >= 0.3 is 11.9 Å². The number of carboxylic acids is 2. The fraction of sp³-hybridized carbons (Fsp3) is 0.533. The number of ether oxygens (including phenoxy) is 1. The van der Waals surface area contributed by atoms with E-state index in [1.165, 1.54) is 6.42 Å². The van der Waals surface area contributed by atoms with E-state index in [0.717, 1.165) is 102 Å². The summed E-state index contributed by atoms with van der Waals surface area (Å²) in [5, 5.41) is 37.9. The number of aliphatic carboxylic acids is 1. The highest BCUT2D eigenvalue weighted by Gasteiger charge is 2.66. The summed E-state index contributed by atoms with van der Waals surface area (Å²) in [5.41, 5.74) is 5.33. The van der Waals surface area contributed by atoms with E-state index < -0.39 is 11.9 Å². The number of aromatic carboxylic acids is 1. The smallest absolute Gasteiger partial charge is 0.355 e. The van der Waals surface area contributed by atoms with E-state index in [4.69, 9.17) is 24.9 Å². The lowest BCUT2D eigenvalue weighted by Gasteiger charge is -2.69. The van der Waals surface area contributed by atoms with Crippen LogP contribution in [0.15, 0.2) is 42.6 Å². The summed E-state index contributed by atoms with van der Waals surface area (Å²) >= 11 is 1.57. The van der Waals surface area contributed by atoms with Crippen LogP contribution in [0.3, 0.4) is 0 Å². The fourth-order valence-corrected chi connectivity index (χ4v) is 13.2. The van der Waals surface area contributed by atoms with Gasteiger partial charge in [0.05, 0.1) is 28.6 Å². The number of fused-ring (bicyclic) bond motifs is 2. The van der Waals surface area contributed by atoms with Gasteiger partial charge in [0.25, 0.3) is 0 Å². The van der Waals surface area contributed by atoms with Gasteiger partial charge in [0.15, 0.2) is 22.5 Å². The van der Waals surface area contributed by atoms with Crippen LogP contribution in [0.25, 0.3) is 21.3 Å². The first kappa shape index (κ1) is 40.4. The van der Waals surface area contributed by atoms with Crippen molar-refractivity contribution in [2.45, 2.75) is 104 Å². The molecule has 0 amide bonds. The van der Waals surface area contributed by atoms with Crippen LogP contribution in [0.2, 0.25) is 0 Å². The standard InChI is InChI=1S/C45H55N9O5S/c1-28-30-10-8-17-53(39(30)51-50-38(28)49-41-47-33-11-6-7-12-34(33)60-41)35-15-14-31(37(48-35)40(57)58)32-20-46-54(29(32)2)27-44-22-42(3)21-43(4,23-44)25-45(24-42,26-44)59-19-18-52(5)16-9-13-36(55)56/h6-7,11-12,14-15,20H,8-10,13,16-19,21-27H2,1-5H3,(H,55,56)(H,57,58)(H,47,49,50). The predicted molar refractivity (Wildman–Crippen MR) is 232 cm³/mol. The van der Waals surface area contributed by atoms with E-state index >= 15 is 0 Å². The van der Waals surface area contributed by atoms with Gasteiger partial charge in [-0.15, -0.1) is 10.2 Å². The Morgan fingerprint density at radius 2 is 1.73 bits per heavy atom. The summed E-state index contributed by atoms with van der Waals surface area (Å²) < 4.78 is 10.1. The largest absolute Gasteiger partial charge is 0.481 e. The number of hydrogen-bond acceptors (Lipinski definition) is 12. The van der Waals surface area contributed by atoms with Crippen LogP contribution in [0.5, 0.6) is 0 Å². The zero-order valence-electron chi connectivity index (χ0n) is 35.3. The lowest BCUT2D eigenvalue weighted by atomic mass is 9.39. The molecular weight excluding hydrogens is 779 g/mol. The van der Waals surface area contributed by atoms with E-state index in [1.807, 2.05) is 62.2 Å². The maximum atomic E-state index is 13.0. The molecule has 1 aromatic carbocycles. The minimum atomic E-state index is -1.09. The van der Waals surface area contributed by atoms with Crippen LogP contribution in [-0.4, -0.2) is 95.9 Å². The topological polar surface area (TPSA) is 172 Å². The molecule has 10 rings (SSSR count). The third-order valence-corrected chi connectivity index (χ3v) is 14.6. The first-order chi connectivity index (χ1) is 28.6. The Labute approximate surface area is 354 Å². The molecule has 5 heterocycles. The fourth-order valence-electron chi connectivity index (χ4n) is 12.3. The van der Waals surface area contributed by atoms with Crippen LogP contribution >= 0.6 is 11.3 Å². The van der Waals surface area contributed by atoms with Crippen molar-refractivity contribution >= 4 is 56.1 Å². The minimum absolute atomic E-state index is 0.00200. The van der Waals surface area contributed by atoms with Gasteiger partial charge in [-0.2, -0.15) is 5.10 Å². The minimum Gasteiger partial charge on any atom is -0.481 e. The zero-order chi connectivity index (χ0) is 42.0. The first-order valence-corrected chi connectivity index (χ1v) is 22.0. The Morgan fingerprint density at radius 3 is 2.48 bits per heavy atom. The van der Waals surface area contributed by atoms with Crippen LogP contribution in [0.4, 0.5) is 22.6 Å². The van der Waals surface area contributed by atoms with Crippen molar-refractivity contribution in [3.05, 3.63) is 65.1 Å². The first-order valence-electron chi connectivity index (χ1n) is 21.2. The molecule has 0 spiro atoms. The van der Waals surface area contributed by atoms with Crippen molar-refractivity contribution in [3.63, 3.8) is 0 Å². The molecule has 4 fully saturated rings. The number of anilines is 4. The molecular formula is C45H55N9O5S. The highest BCUT2D eigenvalue weighted by molar-refractivity contribution is 7.22. The number of benzene rings is 1. The van der Waals surface area contributed by atoms with E-state index in [9.17, 15) is 14.7 Å². The van der Waals surface area contributed by atoms with Crippen molar-refractivity contribution in [2.75, 3.05) is 43.5 Å². The number of rotatable bonds is 15. The Hall–Kier alpha value is -4.99. The molecule has 0 radical (unpaired) electrons. The number of para-hydroxylation sites is 1. The summed E-state index contributed by atoms with van der Waals surface area (Å²) in [6, 6.07) is 11.8. The second-order valence-corrected chi connectivity index (χ2v) is 20.1. The molecule has 60 heavy (non-hydrogen) atoms. The van der Waals surface area contributed by atoms with Gasteiger partial charge in [-0.1, -0.05) is 37.3 Å². The highest BCUT2D eigenvalue weighted by Crippen LogP contribution is 2.72. The number of carboxylic acid groups (broad SMARTS) is 2. The average molecular weight is 834 g/mol. The molecule has 14 nitrogen and oxygen atoms in total. The molecule has 2 unspecified atom stereocenters. The molecule has 4 aliphatic carbocycles. The van der Waals surface area contributed by atoms with Gasteiger partial charge < -0.3 is 30.1 Å². The lowest BCUT2D eigenvalue weighted by molar-refractivity contribution is -0.248. The second-order valence-electron chi connectivity index (χ2n) is 19.0. The molecule has 4 aromatic heterocycles. The lowest BCUT2D eigenvalue weighted by Crippen LogP contribution is -2.64. The van der Waals surface area contributed by atoms with E-state index in [1.54, 1.807) is 17.5 Å². The average Bonchev–Trinajstić information content (AvgIpc) is 3.75. The van der Waals surface area contributed by atoms with Crippen molar-refractivity contribution in [3.8, 4) is 11.1 Å². The molecule has 1 aliphatic heterocycles. The monoisotopic (exact) mass is 833 g/mol. The number of nitrogens with one attached hydrogen (secondary N) is 1.